The summed E-state index contributed by atoms with van der Waals surface area (Å²) in [6.45, 7) is 8.26. The molecule has 5 nitrogen and oxygen atoms in total. The van der Waals surface area contributed by atoms with E-state index in [0.29, 0.717) is 25.6 Å². The third-order valence-corrected chi connectivity index (χ3v) is 3.56. The van der Waals surface area contributed by atoms with Crippen molar-refractivity contribution < 1.29 is 14.3 Å². The summed E-state index contributed by atoms with van der Waals surface area (Å²) in [5, 5.41) is 2.92. The highest BCUT2D eigenvalue weighted by molar-refractivity contribution is 5.80. The van der Waals surface area contributed by atoms with E-state index in [1.165, 1.54) is 0 Å². The van der Waals surface area contributed by atoms with E-state index in [0.717, 1.165) is 32.2 Å². The van der Waals surface area contributed by atoms with Crippen molar-refractivity contribution in [1.82, 2.24) is 10.2 Å². The first-order valence-corrected chi connectivity index (χ1v) is 7.72. The molecule has 0 spiro atoms. The minimum Gasteiger partial charge on any atom is -0.465 e. The van der Waals surface area contributed by atoms with Crippen LogP contribution in [-0.2, 0) is 14.3 Å². The fourth-order valence-electron chi connectivity index (χ4n) is 2.43. The summed E-state index contributed by atoms with van der Waals surface area (Å²) in [7, 11) is 0. The van der Waals surface area contributed by atoms with Crippen LogP contribution >= 0.6 is 0 Å². The van der Waals surface area contributed by atoms with Gasteiger partial charge in [-0.2, -0.15) is 0 Å². The van der Waals surface area contributed by atoms with Crippen LogP contribution in [0.5, 0.6) is 0 Å². The maximum Gasteiger partial charge on any atom is 0.323 e. The van der Waals surface area contributed by atoms with Crippen molar-refractivity contribution in [2.45, 2.75) is 52.5 Å². The Labute approximate surface area is 122 Å². The lowest BCUT2D eigenvalue weighted by molar-refractivity contribution is -0.151. The Kier molecular flexibility index (Phi) is 7.59. The van der Waals surface area contributed by atoms with Gasteiger partial charge < -0.3 is 10.1 Å². The highest BCUT2D eigenvalue weighted by Gasteiger charge is 2.30. The van der Waals surface area contributed by atoms with Crippen LogP contribution in [0.2, 0.25) is 0 Å². The number of carbonyl (C=O) groups is 2. The molecule has 20 heavy (non-hydrogen) atoms. The van der Waals surface area contributed by atoms with Crippen LogP contribution in [0, 0.1) is 5.92 Å². The molecule has 1 amide bonds. The predicted octanol–water partition coefficient (Wildman–Crippen LogP) is 1.57. The Balaban J connectivity index is 2.41. The molecule has 1 N–H and O–H groups in total. The van der Waals surface area contributed by atoms with Gasteiger partial charge in [0, 0.05) is 6.54 Å². The number of nitrogens with one attached hydrogen (secondary N) is 1. The van der Waals surface area contributed by atoms with Gasteiger partial charge in [0.25, 0.3) is 0 Å². The number of nitrogens with zero attached hydrogens (tertiary/aromatic N) is 1. The first kappa shape index (κ1) is 17.0. The van der Waals surface area contributed by atoms with Crippen LogP contribution in [0.4, 0.5) is 0 Å². The van der Waals surface area contributed by atoms with Crippen LogP contribution in [0.15, 0.2) is 0 Å². The van der Waals surface area contributed by atoms with Crippen molar-refractivity contribution in [3.8, 4) is 0 Å². The third kappa shape index (κ3) is 5.90. The average Bonchev–Trinajstić information content (AvgIpc) is 2.39. The van der Waals surface area contributed by atoms with Crippen LogP contribution < -0.4 is 5.32 Å². The van der Waals surface area contributed by atoms with Crippen molar-refractivity contribution in [2.24, 2.45) is 5.92 Å². The summed E-state index contributed by atoms with van der Waals surface area (Å²) < 4.78 is 5.09. The minimum absolute atomic E-state index is 0.00171. The Morgan fingerprint density at radius 1 is 1.35 bits per heavy atom. The molecular formula is C15H28N2O3. The lowest BCUT2D eigenvalue weighted by atomic mass is 10.0. The SMILES string of the molecule is CCOC(=O)C1CCCCN1CC(=O)NCCC(C)C. The number of ether oxygens (including phenoxy) is 1. The number of rotatable bonds is 7. The van der Waals surface area contributed by atoms with Crippen molar-refractivity contribution in [1.29, 1.82) is 0 Å². The molecular weight excluding hydrogens is 256 g/mol. The first-order chi connectivity index (χ1) is 9.54. The van der Waals surface area contributed by atoms with Crippen molar-refractivity contribution in [2.75, 3.05) is 26.2 Å². The fourth-order valence-corrected chi connectivity index (χ4v) is 2.43. The summed E-state index contributed by atoms with van der Waals surface area (Å²) in [5.74, 6) is 0.390. The molecule has 1 heterocycles. The van der Waals surface area contributed by atoms with E-state index in [1.54, 1.807) is 0 Å². The normalized spacial score (nSPS) is 19.9. The van der Waals surface area contributed by atoms with Gasteiger partial charge in [-0.3, -0.25) is 14.5 Å². The van der Waals surface area contributed by atoms with E-state index in [-0.39, 0.29) is 17.9 Å². The molecule has 0 bridgehead atoms. The van der Waals surface area contributed by atoms with Gasteiger partial charge in [0.15, 0.2) is 0 Å². The summed E-state index contributed by atoms with van der Waals surface area (Å²) in [5.41, 5.74) is 0. The molecule has 1 aliphatic rings. The second kappa shape index (κ2) is 8.95. The lowest BCUT2D eigenvalue weighted by Gasteiger charge is -2.33. The number of hydrogen-bond acceptors (Lipinski definition) is 4. The molecule has 0 aromatic heterocycles. The highest BCUT2D eigenvalue weighted by Crippen LogP contribution is 2.17. The largest absolute Gasteiger partial charge is 0.465 e. The molecule has 0 saturated carbocycles. The van der Waals surface area contributed by atoms with Crippen molar-refractivity contribution in [3.63, 3.8) is 0 Å². The van der Waals surface area contributed by atoms with E-state index < -0.39 is 0 Å². The second-order valence-corrected chi connectivity index (χ2v) is 5.77. The molecule has 1 fully saturated rings. The molecule has 0 aliphatic carbocycles. The zero-order valence-corrected chi connectivity index (χ0v) is 13.0. The van der Waals surface area contributed by atoms with Crippen LogP contribution in [0.25, 0.3) is 0 Å². The zero-order valence-electron chi connectivity index (χ0n) is 13.0. The average molecular weight is 284 g/mol. The van der Waals surface area contributed by atoms with Gasteiger partial charge in [-0.1, -0.05) is 20.3 Å². The van der Waals surface area contributed by atoms with Gasteiger partial charge in [-0.05, 0) is 38.6 Å². The molecule has 1 rings (SSSR count). The first-order valence-electron chi connectivity index (χ1n) is 7.72. The quantitative estimate of drug-likeness (QED) is 0.721. The van der Waals surface area contributed by atoms with Gasteiger partial charge in [-0.25, -0.2) is 0 Å². The Morgan fingerprint density at radius 3 is 2.75 bits per heavy atom. The maximum atomic E-state index is 11.9. The Hall–Kier alpha value is -1.10. The molecule has 1 aliphatic heterocycles. The fraction of sp³-hybridized carbons (Fsp3) is 0.867. The van der Waals surface area contributed by atoms with Crippen LogP contribution in [0.1, 0.15) is 46.5 Å². The Bertz CT molecular complexity index is 318. The van der Waals surface area contributed by atoms with E-state index >= 15 is 0 Å². The summed E-state index contributed by atoms with van der Waals surface area (Å²) in [4.78, 5) is 25.8. The molecule has 0 aromatic carbocycles. The smallest absolute Gasteiger partial charge is 0.323 e. The number of hydrogen-bond donors (Lipinski definition) is 1. The zero-order chi connectivity index (χ0) is 15.0. The highest BCUT2D eigenvalue weighted by atomic mass is 16.5. The molecule has 116 valence electrons. The van der Waals surface area contributed by atoms with E-state index in [1.807, 2.05) is 11.8 Å². The molecule has 0 aromatic rings. The third-order valence-electron chi connectivity index (χ3n) is 3.56. The van der Waals surface area contributed by atoms with Gasteiger partial charge in [0.05, 0.1) is 13.2 Å². The van der Waals surface area contributed by atoms with Gasteiger partial charge in [0.2, 0.25) is 5.91 Å². The van der Waals surface area contributed by atoms with E-state index in [4.69, 9.17) is 4.74 Å². The Morgan fingerprint density at radius 2 is 2.10 bits per heavy atom. The number of esters is 1. The minimum atomic E-state index is -0.250. The second-order valence-electron chi connectivity index (χ2n) is 5.77. The topological polar surface area (TPSA) is 58.6 Å². The monoisotopic (exact) mass is 284 g/mol. The molecule has 0 radical (unpaired) electrons. The molecule has 1 unspecified atom stereocenters. The number of carbonyl (C=O) groups excluding carboxylic acids is 2. The van der Waals surface area contributed by atoms with Crippen molar-refractivity contribution in [3.05, 3.63) is 0 Å². The van der Waals surface area contributed by atoms with Gasteiger partial charge in [0.1, 0.15) is 6.04 Å². The molecule has 5 heteroatoms. The molecule has 1 saturated heterocycles. The van der Waals surface area contributed by atoms with E-state index in [2.05, 4.69) is 19.2 Å². The van der Waals surface area contributed by atoms with Gasteiger partial charge in [-0.15, -0.1) is 0 Å². The molecule has 1 atom stereocenters. The van der Waals surface area contributed by atoms with Crippen molar-refractivity contribution >= 4 is 11.9 Å². The van der Waals surface area contributed by atoms with Crippen LogP contribution in [0.3, 0.4) is 0 Å². The summed E-state index contributed by atoms with van der Waals surface area (Å²) >= 11 is 0. The van der Waals surface area contributed by atoms with E-state index in [9.17, 15) is 9.59 Å². The van der Waals surface area contributed by atoms with Crippen LogP contribution in [-0.4, -0.2) is 49.1 Å². The summed E-state index contributed by atoms with van der Waals surface area (Å²) in [6.07, 6.45) is 3.83. The van der Waals surface area contributed by atoms with Gasteiger partial charge >= 0.3 is 5.97 Å². The number of amides is 1. The lowest BCUT2D eigenvalue weighted by Crippen LogP contribution is -2.49. The predicted molar refractivity (Wildman–Crippen MR) is 78.3 cm³/mol. The standard InChI is InChI=1S/C15H28N2O3/c1-4-20-15(19)13-7-5-6-10-17(13)11-14(18)16-9-8-12(2)3/h12-13H,4-11H2,1-3H3,(H,16,18). The maximum absolute atomic E-state index is 11.9. The number of piperidine rings is 1. The summed E-state index contributed by atoms with van der Waals surface area (Å²) in [6, 6.07) is -0.250. The number of likely N-dealkylation sites (tertiary alicyclic amines) is 1.